The van der Waals surface area contributed by atoms with Crippen molar-refractivity contribution in [1.82, 2.24) is 18.9 Å². The molecular formula is C21H34N4O4. The lowest BCUT2D eigenvalue weighted by Gasteiger charge is -2.40. The van der Waals surface area contributed by atoms with Crippen LogP contribution >= 0.6 is 0 Å². The standard InChI is InChI=1S/C21H34N4O4/c1-22-17(13-19(26)23(2)21(22)28)14-24-11-8-16(9-12-24)18-7-5-4-6-10-25(18)20(27)15-29-3/h13,16,18H,4-12,14-15H2,1-3H3/t18-/m0/s1. The molecule has 0 aromatic carbocycles. The molecule has 29 heavy (non-hydrogen) atoms. The first-order chi connectivity index (χ1) is 13.9. The van der Waals surface area contributed by atoms with E-state index >= 15 is 0 Å². The third-order valence-corrected chi connectivity index (χ3v) is 6.57. The van der Waals surface area contributed by atoms with Gasteiger partial charge in [0.15, 0.2) is 0 Å². The van der Waals surface area contributed by atoms with Gasteiger partial charge in [0.1, 0.15) is 6.61 Å². The monoisotopic (exact) mass is 406 g/mol. The second kappa shape index (κ2) is 9.71. The van der Waals surface area contributed by atoms with E-state index in [1.165, 1.54) is 19.9 Å². The Hall–Kier alpha value is -1.93. The molecule has 0 radical (unpaired) electrons. The summed E-state index contributed by atoms with van der Waals surface area (Å²) in [6.45, 7) is 3.42. The maximum Gasteiger partial charge on any atom is 0.330 e. The van der Waals surface area contributed by atoms with Crippen molar-refractivity contribution < 1.29 is 9.53 Å². The second-order valence-corrected chi connectivity index (χ2v) is 8.42. The van der Waals surface area contributed by atoms with E-state index in [1.54, 1.807) is 24.8 Å². The lowest BCUT2D eigenvalue weighted by atomic mass is 9.86. The van der Waals surface area contributed by atoms with Crippen molar-refractivity contribution >= 4 is 5.91 Å². The first-order valence-corrected chi connectivity index (χ1v) is 10.7. The number of hydrogen-bond donors (Lipinski definition) is 0. The number of carbonyl (C=O) groups excluding carboxylic acids is 1. The van der Waals surface area contributed by atoms with Crippen LogP contribution in [0.15, 0.2) is 15.7 Å². The summed E-state index contributed by atoms with van der Waals surface area (Å²) >= 11 is 0. The summed E-state index contributed by atoms with van der Waals surface area (Å²) < 4.78 is 7.79. The average molecular weight is 407 g/mol. The van der Waals surface area contributed by atoms with Crippen LogP contribution in [0.25, 0.3) is 0 Å². The fourth-order valence-electron chi connectivity index (χ4n) is 4.80. The average Bonchev–Trinajstić information content (AvgIpc) is 2.97. The molecule has 0 saturated carbocycles. The fraction of sp³-hybridized carbons (Fsp3) is 0.762. The van der Waals surface area contributed by atoms with Crippen LogP contribution in [0.1, 0.15) is 44.2 Å². The smallest absolute Gasteiger partial charge is 0.330 e. The van der Waals surface area contributed by atoms with Crippen molar-refractivity contribution in [3.63, 3.8) is 0 Å². The third-order valence-electron chi connectivity index (χ3n) is 6.57. The van der Waals surface area contributed by atoms with Gasteiger partial charge in [-0.1, -0.05) is 12.8 Å². The van der Waals surface area contributed by atoms with Gasteiger partial charge in [-0.3, -0.25) is 23.6 Å². The quantitative estimate of drug-likeness (QED) is 0.720. The number of carbonyl (C=O) groups is 1. The van der Waals surface area contributed by atoms with E-state index in [-0.39, 0.29) is 23.8 Å². The van der Waals surface area contributed by atoms with Gasteiger partial charge in [0, 0.05) is 52.1 Å². The molecule has 3 rings (SSSR count). The molecule has 1 aromatic rings. The Labute approximate surface area is 172 Å². The van der Waals surface area contributed by atoms with E-state index in [2.05, 4.69) is 9.80 Å². The second-order valence-electron chi connectivity index (χ2n) is 8.42. The van der Waals surface area contributed by atoms with Gasteiger partial charge < -0.3 is 9.64 Å². The van der Waals surface area contributed by atoms with Gasteiger partial charge in [-0.15, -0.1) is 0 Å². The summed E-state index contributed by atoms with van der Waals surface area (Å²) in [6.07, 6.45) is 6.56. The highest BCUT2D eigenvalue weighted by Gasteiger charge is 2.33. The van der Waals surface area contributed by atoms with Crippen molar-refractivity contribution in [3.05, 3.63) is 32.6 Å². The summed E-state index contributed by atoms with van der Waals surface area (Å²) in [5.74, 6) is 0.606. The van der Waals surface area contributed by atoms with Crippen LogP contribution in [-0.4, -0.2) is 64.2 Å². The number of nitrogens with zero attached hydrogens (tertiary/aromatic N) is 4. The van der Waals surface area contributed by atoms with E-state index in [0.29, 0.717) is 18.5 Å². The van der Waals surface area contributed by atoms with Crippen LogP contribution in [0, 0.1) is 5.92 Å². The largest absolute Gasteiger partial charge is 0.375 e. The molecule has 0 unspecified atom stereocenters. The Morgan fingerprint density at radius 2 is 1.76 bits per heavy atom. The van der Waals surface area contributed by atoms with Gasteiger partial charge in [-0.05, 0) is 44.7 Å². The molecule has 1 aromatic heterocycles. The predicted octanol–water partition coefficient (Wildman–Crippen LogP) is 0.714. The summed E-state index contributed by atoms with van der Waals surface area (Å²) in [7, 11) is 4.80. The highest BCUT2D eigenvalue weighted by Crippen LogP contribution is 2.30. The summed E-state index contributed by atoms with van der Waals surface area (Å²) in [5, 5.41) is 0. The molecule has 1 amide bonds. The van der Waals surface area contributed by atoms with Crippen molar-refractivity contribution in [2.24, 2.45) is 20.0 Å². The molecular weight excluding hydrogens is 372 g/mol. The number of rotatable bonds is 5. The number of amides is 1. The molecule has 2 fully saturated rings. The van der Waals surface area contributed by atoms with Gasteiger partial charge >= 0.3 is 5.69 Å². The number of likely N-dealkylation sites (tertiary alicyclic amines) is 2. The number of ether oxygens (including phenoxy) is 1. The van der Waals surface area contributed by atoms with Gasteiger partial charge in [-0.2, -0.15) is 0 Å². The number of hydrogen-bond acceptors (Lipinski definition) is 5. The Balaban J connectivity index is 1.64. The SMILES string of the molecule is COCC(=O)N1CCCCC[C@H]1C1CCN(Cc2cc(=O)n(C)c(=O)n2C)CC1. The van der Waals surface area contributed by atoms with Gasteiger partial charge in [-0.25, -0.2) is 4.79 Å². The molecule has 0 bridgehead atoms. The lowest BCUT2D eigenvalue weighted by Crippen LogP contribution is -2.49. The third kappa shape index (κ3) is 4.98. The van der Waals surface area contributed by atoms with Crippen LogP contribution in [0.5, 0.6) is 0 Å². The van der Waals surface area contributed by atoms with Crippen LogP contribution in [0.4, 0.5) is 0 Å². The first kappa shape index (κ1) is 21.8. The molecule has 162 valence electrons. The molecule has 3 heterocycles. The zero-order valence-electron chi connectivity index (χ0n) is 17.9. The van der Waals surface area contributed by atoms with Gasteiger partial charge in [0.25, 0.3) is 5.56 Å². The molecule has 2 saturated heterocycles. The van der Waals surface area contributed by atoms with Crippen LogP contribution in [-0.2, 0) is 30.2 Å². The lowest BCUT2D eigenvalue weighted by molar-refractivity contribution is -0.139. The fourth-order valence-corrected chi connectivity index (χ4v) is 4.80. The van der Waals surface area contributed by atoms with Crippen molar-refractivity contribution in [3.8, 4) is 0 Å². The minimum Gasteiger partial charge on any atom is -0.375 e. The summed E-state index contributed by atoms with van der Waals surface area (Å²) in [6, 6.07) is 1.86. The van der Waals surface area contributed by atoms with Crippen molar-refractivity contribution in [2.75, 3.05) is 33.4 Å². The minimum absolute atomic E-state index is 0.108. The maximum atomic E-state index is 12.6. The predicted molar refractivity (Wildman–Crippen MR) is 111 cm³/mol. The van der Waals surface area contributed by atoms with Crippen LogP contribution < -0.4 is 11.2 Å². The zero-order valence-corrected chi connectivity index (χ0v) is 17.9. The highest BCUT2D eigenvalue weighted by molar-refractivity contribution is 5.77. The van der Waals surface area contributed by atoms with Gasteiger partial charge in [0.2, 0.25) is 5.91 Å². The van der Waals surface area contributed by atoms with E-state index < -0.39 is 0 Å². The van der Waals surface area contributed by atoms with Gasteiger partial charge in [0.05, 0.1) is 0 Å². The van der Waals surface area contributed by atoms with E-state index in [0.717, 1.165) is 55.6 Å². The topological polar surface area (TPSA) is 76.8 Å². The number of piperidine rings is 1. The minimum atomic E-state index is -0.284. The van der Waals surface area contributed by atoms with Crippen LogP contribution in [0.3, 0.4) is 0 Å². The highest BCUT2D eigenvalue weighted by atomic mass is 16.5. The molecule has 8 nitrogen and oxygen atoms in total. The summed E-state index contributed by atoms with van der Waals surface area (Å²) in [5.41, 5.74) is 0.208. The van der Waals surface area contributed by atoms with Crippen molar-refractivity contribution in [2.45, 2.75) is 51.1 Å². The molecule has 2 aliphatic heterocycles. The number of methoxy groups -OCH3 is 1. The normalized spacial score (nSPS) is 21.9. The maximum absolute atomic E-state index is 12.6. The first-order valence-electron chi connectivity index (χ1n) is 10.7. The summed E-state index contributed by atoms with van der Waals surface area (Å²) in [4.78, 5) is 41.1. The number of aromatic nitrogens is 2. The Bertz CT molecular complexity index is 823. The molecule has 8 heteroatoms. The molecule has 1 atom stereocenters. The Morgan fingerprint density at radius 1 is 1.03 bits per heavy atom. The Kier molecular flexibility index (Phi) is 7.29. The molecule has 0 aliphatic carbocycles. The van der Waals surface area contributed by atoms with Crippen molar-refractivity contribution in [1.29, 1.82) is 0 Å². The molecule has 2 aliphatic rings. The Morgan fingerprint density at radius 3 is 2.45 bits per heavy atom. The van der Waals surface area contributed by atoms with E-state index in [1.807, 2.05) is 0 Å². The van der Waals surface area contributed by atoms with E-state index in [4.69, 9.17) is 4.74 Å². The molecule has 0 N–H and O–H groups in total. The zero-order chi connectivity index (χ0) is 21.0. The van der Waals surface area contributed by atoms with E-state index in [9.17, 15) is 14.4 Å². The van der Waals surface area contributed by atoms with Crippen LogP contribution in [0.2, 0.25) is 0 Å². The molecule has 0 spiro atoms.